The van der Waals surface area contributed by atoms with E-state index in [9.17, 15) is 22.4 Å². The number of carbonyl (C=O) groups excluding carboxylic acids is 1. The molecule has 4 nitrogen and oxygen atoms in total. The van der Waals surface area contributed by atoms with Gasteiger partial charge in [-0.2, -0.15) is 13.2 Å². The van der Waals surface area contributed by atoms with Crippen LogP contribution in [0.4, 0.5) is 34.6 Å². The predicted molar refractivity (Wildman–Crippen MR) is 93.5 cm³/mol. The molecule has 3 N–H and O–H groups in total. The van der Waals surface area contributed by atoms with Gasteiger partial charge in [-0.05, 0) is 42.8 Å². The summed E-state index contributed by atoms with van der Waals surface area (Å²) in [6, 6.07) is 6.80. The highest BCUT2D eigenvalue weighted by molar-refractivity contribution is 6.31. The lowest BCUT2D eigenvalue weighted by Gasteiger charge is -2.24. The number of rotatable bonds is 4. The minimum atomic E-state index is -4.54. The quantitative estimate of drug-likeness (QED) is 0.600. The van der Waals surface area contributed by atoms with E-state index in [4.69, 9.17) is 17.3 Å². The van der Waals surface area contributed by atoms with E-state index in [1.54, 1.807) is 20.0 Å². The van der Waals surface area contributed by atoms with Crippen LogP contribution in [-0.4, -0.2) is 25.7 Å². The molecule has 0 radical (unpaired) electrons. The number of halogens is 5. The molecule has 0 aromatic heterocycles. The number of nitrogens with zero attached hydrogens (tertiary/aromatic N) is 1. The zero-order valence-corrected chi connectivity index (χ0v) is 14.7. The van der Waals surface area contributed by atoms with E-state index in [1.807, 2.05) is 5.32 Å². The number of aryl methyl sites for hydroxylation is 1. The van der Waals surface area contributed by atoms with Gasteiger partial charge in [0.1, 0.15) is 12.4 Å². The van der Waals surface area contributed by atoms with E-state index in [1.165, 1.54) is 23.1 Å². The Hall–Kier alpha value is -2.48. The Morgan fingerprint density at radius 3 is 2.50 bits per heavy atom. The molecule has 0 saturated carbocycles. The average Bonchev–Trinajstić information content (AvgIpc) is 2.56. The van der Waals surface area contributed by atoms with Gasteiger partial charge in [0.2, 0.25) is 0 Å². The minimum Gasteiger partial charge on any atom is -0.398 e. The Bertz CT molecular complexity index is 839. The third kappa shape index (κ3) is 4.57. The van der Waals surface area contributed by atoms with Crippen LogP contribution in [0.5, 0.6) is 0 Å². The first-order valence-corrected chi connectivity index (χ1v) is 7.81. The van der Waals surface area contributed by atoms with Crippen molar-refractivity contribution in [3.63, 3.8) is 0 Å². The van der Waals surface area contributed by atoms with Gasteiger partial charge in [-0.3, -0.25) is 4.79 Å². The first kappa shape index (κ1) is 19.8. The summed E-state index contributed by atoms with van der Waals surface area (Å²) in [5, 5.41) is 1.70. The monoisotopic (exact) mass is 389 g/mol. The Kier molecular flexibility index (Phi) is 5.65. The summed E-state index contributed by atoms with van der Waals surface area (Å²) < 4.78 is 50.5. The van der Waals surface area contributed by atoms with Gasteiger partial charge in [0.25, 0.3) is 5.91 Å². The molecule has 140 valence electrons. The van der Waals surface area contributed by atoms with Gasteiger partial charge in [-0.15, -0.1) is 0 Å². The van der Waals surface area contributed by atoms with Crippen molar-refractivity contribution in [2.24, 2.45) is 0 Å². The standard InChI is InChI=1S/C17H16ClF4N3O/c1-9-5-15(25(2)10-3-4-13(19)12(18)6-10)11(7-14(9)23)16(26)24-8-17(20,21)22/h3-7H,8,23H2,1-2H3,(H,24,26). The molecule has 0 aliphatic rings. The molecule has 2 aromatic carbocycles. The molecule has 0 atom stereocenters. The molecule has 2 rings (SSSR count). The van der Waals surface area contributed by atoms with Crippen LogP contribution in [0.15, 0.2) is 30.3 Å². The molecule has 0 bridgehead atoms. The van der Waals surface area contributed by atoms with Gasteiger partial charge in [0.15, 0.2) is 0 Å². The van der Waals surface area contributed by atoms with Crippen LogP contribution in [0.1, 0.15) is 15.9 Å². The normalized spacial score (nSPS) is 11.3. The van der Waals surface area contributed by atoms with Crippen molar-refractivity contribution in [1.29, 1.82) is 0 Å². The van der Waals surface area contributed by atoms with Crippen molar-refractivity contribution in [3.05, 3.63) is 52.3 Å². The largest absolute Gasteiger partial charge is 0.405 e. The minimum absolute atomic E-state index is 0.0414. The van der Waals surface area contributed by atoms with Gasteiger partial charge < -0.3 is 16.0 Å². The van der Waals surface area contributed by atoms with Crippen molar-refractivity contribution in [2.75, 3.05) is 24.2 Å². The topological polar surface area (TPSA) is 58.4 Å². The number of anilines is 3. The van der Waals surface area contributed by atoms with Gasteiger partial charge in [-0.25, -0.2) is 4.39 Å². The van der Waals surface area contributed by atoms with E-state index in [-0.39, 0.29) is 16.3 Å². The average molecular weight is 390 g/mol. The number of nitrogens with two attached hydrogens (primary N) is 1. The highest BCUT2D eigenvalue weighted by atomic mass is 35.5. The van der Waals surface area contributed by atoms with E-state index < -0.39 is 24.4 Å². The fourth-order valence-electron chi connectivity index (χ4n) is 2.28. The summed E-state index contributed by atoms with van der Waals surface area (Å²) in [7, 11) is 1.58. The third-order valence-corrected chi connectivity index (χ3v) is 4.02. The lowest BCUT2D eigenvalue weighted by atomic mass is 10.1. The van der Waals surface area contributed by atoms with Crippen LogP contribution in [0.3, 0.4) is 0 Å². The summed E-state index contributed by atoms with van der Waals surface area (Å²) in [4.78, 5) is 13.8. The molecule has 0 unspecified atom stereocenters. The molecule has 0 fully saturated rings. The van der Waals surface area contributed by atoms with Crippen LogP contribution in [0.25, 0.3) is 0 Å². The molecule has 1 amide bonds. The van der Waals surface area contributed by atoms with E-state index >= 15 is 0 Å². The van der Waals surface area contributed by atoms with Crippen LogP contribution in [-0.2, 0) is 0 Å². The number of nitrogen functional groups attached to an aromatic ring is 1. The zero-order chi connectivity index (χ0) is 19.6. The van der Waals surface area contributed by atoms with Gasteiger partial charge >= 0.3 is 6.18 Å². The lowest BCUT2D eigenvalue weighted by Crippen LogP contribution is -2.34. The zero-order valence-electron chi connectivity index (χ0n) is 13.9. The van der Waals surface area contributed by atoms with Gasteiger partial charge in [0.05, 0.1) is 16.3 Å². The molecule has 0 saturated heterocycles. The number of hydrogen-bond donors (Lipinski definition) is 2. The van der Waals surface area contributed by atoms with Crippen molar-refractivity contribution in [2.45, 2.75) is 13.1 Å². The second-order valence-electron chi connectivity index (χ2n) is 5.68. The lowest BCUT2D eigenvalue weighted by molar-refractivity contribution is -0.123. The van der Waals surface area contributed by atoms with Crippen LogP contribution in [0.2, 0.25) is 5.02 Å². The summed E-state index contributed by atoms with van der Waals surface area (Å²) in [6.45, 7) is 0.229. The highest BCUT2D eigenvalue weighted by Crippen LogP contribution is 2.32. The Morgan fingerprint density at radius 2 is 1.92 bits per heavy atom. The smallest absolute Gasteiger partial charge is 0.398 e. The Labute approximate surface area is 152 Å². The van der Waals surface area contributed by atoms with E-state index in [2.05, 4.69) is 0 Å². The second-order valence-corrected chi connectivity index (χ2v) is 6.09. The maximum absolute atomic E-state index is 13.4. The molecule has 0 aliphatic carbocycles. The van der Waals surface area contributed by atoms with Crippen LogP contribution in [0, 0.1) is 12.7 Å². The number of nitrogens with one attached hydrogen (secondary N) is 1. The SMILES string of the molecule is Cc1cc(N(C)c2ccc(F)c(Cl)c2)c(C(=O)NCC(F)(F)F)cc1N. The van der Waals surface area contributed by atoms with Crippen LogP contribution < -0.4 is 16.0 Å². The molecular formula is C17H16ClF4N3O. The first-order valence-electron chi connectivity index (χ1n) is 7.43. The van der Waals surface area contributed by atoms with Gasteiger partial charge in [0, 0.05) is 18.4 Å². The van der Waals surface area contributed by atoms with Gasteiger partial charge in [-0.1, -0.05) is 11.6 Å². The molecule has 2 aromatic rings. The molecule has 0 heterocycles. The third-order valence-electron chi connectivity index (χ3n) is 3.73. The number of carbonyl (C=O) groups is 1. The van der Waals surface area contributed by atoms with Crippen molar-refractivity contribution in [3.8, 4) is 0 Å². The van der Waals surface area contributed by atoms with Crippen molar-refractivity contribution in [1.82, 2.24) is 5.32 Å². The number of hydrogen-bond acceptors (Lipinski definition) is 3. The highest BCUT2D eigenvalue weighted by Gasteiger charge is 2.29. The number of amides is 1. The van der Waals surface area contributed by atoms with Crippen molar-refractivity contribution >= 4 is 34.6 Å². The van der Waals surface area contributed by atoms with E-state index in [0.717, 1.165) is 6.07 Å². The van der Waals surface area contributed by atoms with E-state index in [0.29, 0.717) is 16.9 Å². The summed E-state index contributed by atoms with van der Waals surface area (Å²) in [5.74, 6) is -1.54. The summed E-state index contributed by atoms with van der Waals surface area (Å²) >= 11 is 5.78. The molecule has 0 aliphatic heterocycles. The molecular weight excluding hydrogens is 374 g/mol. The molecule has 0 spiro atoms. The fourth-order valence-corrected chi connectivity index (χ4v) is 2.45. The Balaban J connectivity index is 2.44. The maximum atomic E-state index is 13.4. The Morgan fingerprint density at radius 1 is 1.27 bits per heavy atom. The summed E-state index contributed by atoms with van der Waals surface area (Å²) in [5.41, 5.74) is 7.41. The second kappa shape index (κ2) is 7.41. The number of alkyl halides is 3. The fraction of sp³-hybridized carbons (Fsp3) is 0.235. The summed E-state index contributed by atoms with van der Waals surface area (Å²) in [6.07, 6.45) is -4.54. The maximum Gasteiger partial charge on any atom is 0.405 e. The first-order chi connectivity index (χ1) is 12.0. The molecule has 26 heavy (non-hydrogen) atoms. The predicted octanol–water partition coefficient (Wildman–Crippen LogP) is 4.43. The van der Waals surface area contributed by atoms with Crippen LogP contribution >= 0.6 is 11.6 Å². The van der Waals surface area contributed by atoms with Crippen molar-refractivity contribution < 1.29 is 22.4 Å². The number of benzene rings is 2. The molecule has 9 heteroatoms.